The largest absolute Gasteiger partial charge is 0.481 e. The van der Waals surface area contributed by atoms with Crippen molar-refractivity contribution in [3.63, 3.8) is 0 Å². The molecule has 1 aromatic heterocycles. The molecule has 100 valence electrons. The maximum Gasteiger partial charge on any atom is 0.304 e. The van der Waals surface area contributed by atoms with Crippen molar-refractivity contribution in [1.29, 1.82) is 0 Å². The Kier molecular flexibility index (Phi) is 4.90. The average molecular weight is 269 g/mol. The highest BCUT2D eigenvalue weighted by molar-refractivity contribution is 7.10. The van der Waals surface area contributed by atoms with Crippen molar-refractivity contribution in [2.75, 3.05) is 6.54 Å². The second-order valence-corrected chi connectivity index (χ2v) is 6.03. The van der Waals surface area contributed by atoms with Gasteiger partial charge in [0.1, 0.15) is 0 Å². The van der Waals surface area contributed by atoms with Crippen molar-refractivity contribution >= 4 is 23.2 Å². The number of thiophene rings is 1. The minimum absolute atomic E-state index is 0.132. The van der Waals surface area contributed by atoms with Gasteiger partial charge in [-0.25, -0.2) is 0 Å². The molecule has 5 heteroatoms. The minimum Gasteiger partial charge on any atom is -0.481 e. The predicted octanol–water partition coefficient (Wildman–Crippen LogP) is 2.25. The van der Waals surface area contributed by atoms with E-state index in [1.165, 1.54) is 4.88 Å². The van der Waals surface area contributed by atoms with Crippen molar-refractivity contribution < 1.29 is 14.7 Å². The van der Waals surface area contributed by atoms with Gasteiger partial charge in [-0.3, -0.25) is 9.59 Å². The molecule has 4 nitrogen and oxygen atoms in total. The fraction of sp³-hybridized carbons (Fsp3) is 0.538. The van der Waals surface area contributed by atoms with Gasteiger partial charge in [-0.05, 0) is 11.4 Å². The first kappa shape index (κ1) is 14.7. The molecule has 0 aliphatic rings. The maximum absolute atomic E-state index is 11.7. The molecule has 1 heterocycles. The third-order valence-electron chi connectivity index (χ3n) is 2.82. The normalized spacial score (nSPS) is 13.1. The Labute approximate surface area is 111 Å². The van der Waals surface area contributed by atoms with Crippen LogP contribution in [0.1, 0.15) is 32.1 Å². The Balaban J connectivity index is 2.50. The molecular weight excluding hydrogens is 250 g/mol. The van der Waals surface area contributed by atoms with Crippen LogP contribution in [-0.4, -0.2) is 23.5 Å². The second kappa shape index (κ2) is 6.00. The van der Waals surface area contributed by atoms with Gasteiger partial charge in [-0.2, -0.15) is 0 Å². The number of carbonyl (C=O) groups excluding carboxylic acids is 1. The third kappa shape index (κ3) is 4.14. The fourth-order valence-corrected chi connectivity index (χ4v) is 2.44. The van der Waals surface area contributed by atoms with Gasteiger partial charge in [0.25, 0.3) is 0 Å². The number of hydrogen-bond acceptors (Lipinski definition) is 3. The fourth-order valence-electron chi connectivity index (χ4n) is 1.59. The van der Waals surface area contributed by atoms with Gasteiger partial charge in [-0.15, -0.1) is 11.3 Å². The van der Waals surface area contributed by atoms with E-state index in [0.717, 1.165) is 0 Å². The first-order chi connectivity index (χ1) is 8.33. The zero-order valence-corrected chi connectivity index (χ0v) is 11.7. The van der Waals surface area contributed by atoms with Crippen LogP contribution in [0.4, 0.5) is 0 Å². The lowest BCUT2D eigenvalue weighted by Gasteiger charge is -2.24. The van der Waals surface area contributed by atoms with E-state index in [0.29, 0.717) is 6.54 Å². The van der Waals surface area contributed by atoms with Gasteiger partial charge in [0, 0.05) is 22.8 Å². The average Bonchev–Trinajstić information content (AvgIpc) is 2.78. The highest BCUT2D eigenvalue weighted by atomic mass is 32.1. The van der Waals surface area contributed by atoms with E-state index >= 15 is 0 Å². The SMILES string of the molecule is CC(CC(=O)O)C(=O)NCC(C)(C)c1cccs1. The zero-order chi connectivity index (χ0) is 13.8. The highest BCUT2D eigenvalue weighted by Crippen LogP contribution is 2.26. The van der Waals surface area contributed by atoms with E-state index in [-0.39, 0.29) is 17.7 Å². The molecule has 1 amide bonds. The van der Waals surface area contributed by atoms with Gasteiger partial charge < -0.3 is 10.4 Å². The number of carboxylic acids is 1. The summed E-state index contributed by atoms with van der Waals surface area (Å²) < 4.78 is 0. The lowest BCUT2D eigenvalue weighted by molar-refractivity contribution is -0.140. The number of carboxylic acid groups (broad SMARTS) is 1. The van der Waals surface area contributed by atoms with E-state index in [4.69, 9.17) is 5.11 Å². The highest BCUT2D eigenvalue weighted by Gasteiger charge is 2.24. The quantitative estimate of drug-likeness (QED) is 0.832. The Morgan fingerprint density at radius 2 is 2.17 bits per heavy atom. The van der Waals surface area contributed by atoms with Crippen LogP contribution >= 0.6 is 11.3 Å². The molecule has 1 atom stereocenters. The Morgan fingerprint density at radius 3 is 2.67 bits per heavy atom. The van der Waals surface area contributed by atoms with Gasteiger partial charge in [0.2, 0.25) is 5.91 Å². The molecule has 1 unspecified atom stereocenters. The summed E-state index contributed by atoms with van der Waals surface area (Å²) in [7, 11) is 0. The van der Waals surface area contributed by atoms with Gasteiger partial charge in [0.05, 0.1) is 6.42 Å². The maximum atomic E-state index is 11.7. The van der Waals surface area contributed by atoms with E-state index in [9.17, 15) is 9.59 Å². The molecule has 0 aliphatic carbocycles. The number of nitrogens with one attached hydrogen (secondary N) is 1. The molecule has 0 aromatic carbocycles. The molecule has 18 heavy (non-hydrogen) atoms. The van der Waals surface area contributed by atoms with Crippen molar-refractivity contribution in [3.8, 4) is 0 Å². The van der Waals surface area contributed by atoms with Crippen molar-refractivity contribution in [3.05, 3.63) is 22.4 Å². The smallest absolute Gasteiger partial charge is 0.304 e. The van der Waals surface area contributed by atoms with Gasteiger partial charge in [-0.1, -0.05) is 26.8 Å². The molecular formula is C13H19NO3S. The summed E-state index contributed by atoms with van der Waals surface area (Å²) in [5.41, 5.74) is -0.132. The predicted molar refractivity (Wildman–Crippen MR) is 71.8 cm³/mol. The molecule has 0 bridgehead atoms. The summed E-state index contributed by atoms with van der Waals surface area (Å²) >= 11 is 1.66. The Hall–Kier alpha value is -1.36. The molecule has 0 saturated carbocycles. The first-order valence-corrected chi connectivity index (χ1v) is 6.74. The van der Waals surface area contributed by atoms with E-state index < -0.39 is 11.9 Å². The Bertz CT molecular complexity index is 412. The summed E-state index contributed by atoms with van der Waals surface area (Å²) in [6.07, 6.45) is -0.134. The van der Waals surface area contributed by atoms with Crippen LogP contribution in [-0.2, 0) is 15.0 Å². The van der Waals surface area contributed by atoms with Crippen LogP contribution in [0.3, 0.4) is 0 Å². The molecule has 0 saturated heterocycles. The summed E-state index contributed by atoms with van der Waals surface area (Å²) in [5.74, 6) is -1.65. The van der Waals surface area contributed by atoms with Crippen LogP contribution in [0.2, 0.25) is 0 Å². The van der Waals surface area contributed by atoms with E-state index in [1.807, 2.05) is 17.5 Å². The third-order valence-corrected chi connectivity index (χ3v) is 4.06. The van der Waals surface area contributed by atoms with Crippen LogP contribution in [0.25, 0.3) is 0 Å². The molecule has 1 rings (SSSR count). The lowest BCUT2D eigenvalue weighted by Crippen LogP contribution is -2.39. The van der Waals surface area contributed by atoms with E-state index in [1.54, 1.807) is 18.3 Å². The van der Waals surface area contributed by atoms with Crippen molar-refractivity contribution in [2.45, 2.75) is 32.6 Å². The molecule has 2 N–H and O–H groups in total. The van der Waals surface area contributed by atoms with Crippen LogP contribution in [0, 0.1) is 5.92 Å². The monoisotopic (exact) mass is 269 g/mol. The van der Waals surface area contributed by atoms with Gasteiger partial charge in [0.15, 0.2) is 0 Å². The molecule has 0 radical (unpaired) electrons. The Morgan fingerprint density at radius 1 is 1.50 bits per heavy atom. The van der Waals surface area contributed by atoms with E-state index in [2.05, 4.69) is 19.2 Å². The van der Waals surface area contributed by atoms with Crippen molar-refractivity contribution in [1.82, 2.24) is 5.32 Å². The standard InChI is InChI=1S/C13H19NO3S/c1-9(7-11(15)16)12(17)14-8-13(2,3)10-5-4-6-18-10/h4-6,9H,7-8H2,1-3H3,(H,14,17)(H,15,16). The van der Waals surface area contributed by atoms with Crippen LogP contribution < -0.4 is 5.32 Å². The molecule has 0 fully saturated rings. The van der Waals surface area contributed by atoms with Crippen LogP contribution in [0.5, 0.6) is 0 Å². The lowest BCUT2D eigenvalue weighted by atomic mass is 9.91. The number of hydrogen-bond donors (Lipinski definition) is 2. The summed E-state index contributed by atoms with van der Waals surface area (Å²) in [6, 6.07) is 4.02. The minimum atomic E-state index is -0.949. The second-order valence-electron chi connectivity index (χ2n) is 5.08. The number of amides is 1. The summed E-state index contributed by atoms with van der Waals surface area (Å²) in [6.45, 7) is 6.25. The van der Waals surface area contributed by atoms with Crippen LogP contribution in [0.15, 0.2) is 17.5 Å². The zero-order valence-electron chi connectivity index (χ0n) is 10.9. The topological polar surface area (TPSA) is 66.4 Å². The number of rotatable bonds is 6. The summed E-state index contributed by atoms with van der Waals surface area (Å²) in [5, 5.41) is 13.5. The molecule has 1 aromatic rings. The van der Waals surface area contributed by atoms with Gasteiger partial charge >= 0.3 is 5.97 Å². The summed E-state index contributed by atoms with van der Waals surface area (Å²) in [4.78, 5) is 23.4. The molecule has 0 aliphatic heterocycles. The first-order valence-electron chi connectivity index (χ1n) is 5.86. The molecule has 0 spiro atoms. The number of carbonyl (C=O) groups is 2. The van der Waals surface area contributed by atoms with Crippen molar-refractivity contribution in [2.24, 2.45) is 5.92 Å². The number of aliphatic carboxylic acids is 1.